The van der Waals surface area contributed by atoms with Gasteiger partial charge in [-0.15, -0.1) is 0 Å². The number of aliphatic imine (C=N–C) groups is 1. The predicted molar refractivity (Wildman–Crippen MR) is 44.2 cm³/mol. The molecule has 0 saturated carbocycles. The Bertz CT molecular complexity index is 273. The summed E-state index contributed by atoms with van der Waals surface area (Å²) in [5, 5.41) is 0. The van der Waals surface area contributed by atoms with Gasteiger partial charge < -0.3 is 9.47 Å². The van der Waals surface area contributed by atoms with E-state index < -0.39 is 11.9 Å². The van der Waals surface area contributed by atoms with Crippen LogP contribution in [0, 0.1) is 0 Å². The van der Waals surface area contributed by atoms with Crippen molar-refractivity contribution in [3.8, 4) is 0 Å². The Labute approximate surface area is 75.0 Å². The first-order valence-corrected chi connectivity index (χ1v) is 3.61. The zero-order valence-electron chi connectivity index (χ0n) is 7.36. The Hall–Kier alpha value is -1.65. The lowest BCUT2D eigenvalue weighted by Gasteiger charge is -1.99. The molecular weight excluding hydrogens is 174 g/mol. The molecule has 0 aliphatic carbocycles. The Morgan fingerprint density at radius 3 is 2.46 bits per heavy atom. The SMILES string of the molecule is COC(=O)C1=CN=C(C(=O)OC)C1. The summed E-state index contributed by atoms with van der Waals surface area (Å²) >= 11 is 0. The number of hydrogen-bond donors (Lipinski definition) is 0. The maximum atomic E-state index is 11.0. The number of nitrogens with zero attached hydrogens (tertiary/aromatic N) is 1. The molecule has 70 valence electrons. The Morgan fingerprint density at radius 1 is 1.31 bits per heavy atom. The van der Waals surface area contributed by atoms with Crippen molar-refractivity contribution in [2.75, 3.05) is 14.2 Å². The Morgan fingerprint density at radius 2 is 1.92 bits per heavy atom. The van der Waals surface area contributed by atoms with Crippen molar-refractivity contribution in [1.82, 2.24) is 0 Å². The standard InChI is InChI=1S/C8H9NO4/c1-12-7(10)5-3-6(9-4-5)8(11)13-2/h4H,3H2,1-2H3. The van der Waals surface area contributed by atoms with Crippen LogP contribution in [0.5, 0.6) is 0 Å². The van der Waals surface area contributed by atoms with E-state index in [0.717, 1.165) is 0 Å². The third-order valence-electron chi connectivity index (χ3n) is 1.60. The predicted octanol–water partition coefficient (Wildman–Crippen LogP) is 0.0610. The van der Waals surface area contributed by atoms with E-state index in [4.69, 9.17) is 0 Å². The molecule has 1 aliphatic heterocycles. The second-order valence-electron chi connectivity index (χ2n) is 2.39. The highest BCUT2D eigenvalue weighted by atomic mass is 16.5. The van der Waals surface area contributed by atoms with Crippen LogP contribution < -0.4 is 0 Å². The van der Waals surface area contributed by atoms with Crippen LogP contribution in [0.15, 0.2) is 16.8 Å². The van der Waals surface area contributed by atoms with E-state index in [1.54, 1.807) is 0 Å². The lowest BCUT2D eigenvalue weighted by atomic mass is 10.2. The highest BCUT2D eigenvalue weighted by Gasteiger charge is 2.22. The Kier molecular flexibility index (Phi) is 2.79. The molecule has 0 bridgehead atoms. The van der Waals surface area contributed by atoms with Crippen molar-refractivity contribution in [3.05, 3.63) is 11.8 Å². The lowest BCUT2D eigenvalue weighted by molar-refractivity contribution is -0.136. The topological polar surface area (TPSA) is 65.0 Å². The van der Waals surface area contributed by atoms with Crippen molar-refractivity contribution in [1.29, 1.82) is 0 Å². The second kappa shape index (κ2) is 3.84. The summed E-state index contributed by atoms with van der Waals surface area (Å²) in [5.41, 5.74) is 0.589. The van der Waals surface area contributed by atoms with E-state index in [2.05, 4.69) is 14.5 Å². The fourth-order valence-electron chi connectivity index (χ4n) is 0.926. The van der Waals surface area contributed by atoms with E-state index in [9.17, 15) is 9.59 Å². The summed E-state index contributed by atoms with van der Waals surface area (Å²) in [5.74, 6) is -0.988. The first kappa shape index (κ1) is 9.44. The van der Waals surface area contributed by atoms with Crippen molar-refractivity contribution in [3.63, 3.8) is 0 Å². The summed E-state index contributed by atoms with van der Waals surface area (Å²) in [7, 11) is 2.54. The van der Waals surface area contributed by atoms with Gasteiger partial charge in [0.15, 0.2) is 0 Å². The van der Waals surface area contributed by atoms with Crippen LogP contribution in [-0.2, 0) is 19.1 Å². The smallest absolute Gasteiger partial charge is 0.352 e. The van der Waals surface area contributed by atoms with Gasteiger partial charge in [-0.05, 0) is 0 Å². The zero-order valence-corrected chi connectivity index (χ0v) is 7.36. The molecule has 1 aliphatic rings. The molecule has 0 spiro atoms. The molecule has 1 heterocycles. The van der Waals surface area contributed by atoms with Gasteiger partial charge >= 0.3 is 11.9 Å². The highest BCUT2D eigenvalue weighted by molar-refractivity contribution is 6.38. The molecule has 0 unspecified atom stereocenters. The molecule has 0 amide bonds. The van der Waals surface area contributed by atoms with Gasteiger partial charge in [0.05, 0.1) is 19.8 Å². The van der Waals surface area contributed by atoms with E-state index in [-0.39, 0.29) is 12.1 Å². The molecule has 0 aromatic rings. The molecular formula is C8H9NO4. The summed E-state index contributed by atoms with van der Waals surface area (Å²) in [4.78, 5) is 25.6. The van der Waals surface area contributed by atoms with Crippen molar-refractivity contribution in [2.45, 2.75) is 6.42 Å². The molecule has 1 rings (SSSR count). The zero-order chi connectivity index (χ0) is 9.84. The average molecular weight is 183 g/mol. The minimum atomic E-state index is -0.518. The molecule has 13 heavy (non-hydrogen) atoms. The van der Waals surface area contributed by atoms with Crippen LogP contribution in [0.2, 0.25) is 0 Å². The maximum absolute atomic E-state index is 11.0. The summed E-state index contributed by atoms with van der Waals surface area (Å²) < 4.78 is 8.90. The van der Waals surface area contributed by atoms with Crippen molar-refractivity contribution >= 4 is 17.7 Å². The summed E-state index contributed by atoms with van der Waals surface area (Å²) in [6, 6.07) is 0. The molecule has 0 radical (unpaired) electrons. The third-order valence-corrected chi connectivity index (χ3v) is 1.60. The van der Waals surface area contributed by atoms with Gasteiger partial charge in [0.1, 0.15) is 5.71 Å². The third kappa shape index (κ3) is 1.93. The maximum Gasteiger partial charge on any atom is 0.352 e. The number of carbonyl (C=O) groups is 2. The highest BCUT2D eigenvalue weighted by Crippen LogP contribution is 2.13. The normalized spacial score (nSPS) is 14.6. The van der Waals surface area contributed by atoms with Crippen LogP contribution in [0.3, 0.4) is 0 Å². The molecule has 0 saturated heterocycles. The minimum Gasteiger partial charge on any atom is -0.466 e. The van der Waals surface area contributed by atoms with Gasteiger partial charge in [-0.3, -0.25) is 4.99 Å². The van der Waals surface area contributed by atoms with Crippen molar-refractivity contribution in [2.24, 2.45) is 4.99 Å². The van der Waals surface area contributed by atoms with E-state index in [1.165, 1.54) is 20.4 Å². The second-order valence-corrected chi connectivity index (χ2v) is 2.39. The molecule has 0 fully saturated rings. The molecule has 0 aromatic heterocycles. The fourth-order valence-corrected chi connectivity index (χ4v) is 0.926. The lowest BCUT2D eigenvalue weighted by Crippen LogP contribution is -2.15. The van der Waals surface area contributed by atoms with Gasteiger partial charge in [-0.2, -0.15) is 0 Å². The van der Waals surface area contributed by atoms with Crippen LogP contribution in [-0.4, -0.2) is 31.9 Å². The number of rotatable bonds is 2. The van der Waals surface area contributed by atoms with E-state index in [0.29, 0.717) is 5.57 Å². The number of ether oxygens (including phenoxy) is 2. The van der Waals surface area contributed by atoms with Crippen LogP contribution in [0.1, 0.15) is 6.42 Å². The Balaban J connectivity index is 2.59. The fraction of sp³-hybridized carbons (Fsp3) is 0.375. The van der Waals surface area contributed by atoms with Crippen LogP contribution >= 0.6 is 0 Å². The molecule has 0 N–H and O–H groups in total. The van der Waals surface area contributed by atoms with Gasteiger partial charge in [0.25, 0.3) is 0 Å². The number of methoxy groups -OCH3 is 2. The van der Waals surface area contributed by atoms with Gasteiger partial charge in [0.2, 0.25) is 0 Å². The van der Waals surface area contributed by atoms with Gasteiger partial charge in [0, 0.05) is 12.6 Å². The number of carbonyl (C=O) groups excluding carboxylic acids is 2. The summed E-state index contributed by atoms with van der Waals surface area (Å²) in [6.07, 6.45) is 1.50. The van der Waals surface area contributed by atoms with Gasteiger partial charge in [-0.1, -0.05) is 0 Å². The monoisotopic (exact) mass is 183 g/mol. The molecule has 0 aromatic carbocycles. The average Bonchev–Trinajstić information content (AvgIpc) is 2.64. The summed E-state index contributed by atoms with van der Waals surface area (Å²) in [6.45, 7) is 0. The van der Waals surface area contributed by atoms with Crippen LogP contribution in [0.4, 0.5) is 0 Å². The van der Waals surface area contributed by atoms with E-state index in [1.807, 2.05) is 0 Å². The first-order valence-electron chi connectivity index (χ1n) is 3.61. The number of hydrogen-bond acceptors (Lipinski definition) is 5. The molecule has 5 heteroatoms. The molecule has 0 atom stereocenters. The van der Waals surface area contributed by atoms with Crippen LogP contribution in [0.25, 0.3) is 0 Å². The quantitative estimate of drug-likeness (QED) is 0.568. The first-order chi connectivity index (χ1) is 6.19. The number of esters is 2. The molecule has 5 nitrogen and oxygen atoms in total. The van der Waals surface area contributed by atoms with Crippen molar-refractivity contribution < 1.29 is 19.1 Å². The van der Waals surface area contributed by atoms with E-state index >= 15 is 0 Å². The largest absolute Gasteiger partial charge is 0.466 e. The van der Waals surface area contributed by atoms with Gasteiger partial charge in [-0.25, -0.2) is 9.59 Å². The minimum absolute atomic E-state index is 0.180.